The van der Waals surface area contributed by atoms with Crippen molar-refractivity contribution in [3.63, 3.8) is 0 Å². The molecule has 1 fully saturated rings. The van der Waals surface area contributed by atoms with E-state index in [0.29, 0.717) is 0 Å². The highest BCUT2D eigenvalue weighted by atomic mass is 15.2. The zero-order valence-corrected chi connectivity index (χ0v) is 10.2. The molecule has 0 aromatic carbocycles. The van der Waals surface area contributed by atoms with E-state index >= 15 is 0 Å². The average Bonchev–Trinajstić information content (AvgIpc) is 2.96. The molecule has 0 bridgehead atoms. The molecule has 1 saturated carbocycles. The van der Waals surface area contributed by atoms with Gasteiger partial charge in [-0.05, 0) is 45.6 Å². The van der Waals surface area contributed by atoms with Gasteiger partial charge in [0.1, 0.15) is 0 Å². The molecule has 0 amide bonds. The van der Waals surface area contributed by atoms with Crippen LogP contribution in [0.4, 0.5) is 0 Å². The van der Waals surface area contributed by atoms with Crippen LogP contribution in [0.15, 0.2) is 0 Å². The maximum absolute atomic E-state index is 5.92. The predicted molar refractivity (Wildman–Crippen MR) is 62.3 cm³/mol. The summed E-state index contributed by atoms with van der Waals surface area (Å²) >= 11 is 0. The second-order valence-electron chi connectivity index (χ2n) is 5.48. The van der Waals surface area contributed by atoms with Gasteiger partial charge in [-0.3, -0.25) is 4.90 Å². The van der Waals surface area contributed by atoms with Crippen molar-refractivity contribution in [3.05, 3.63) is 0 Å². The van der Waals surface area contributed by atoms with Crippen LogP contribution in [0.25, 0.3) is 0 Å². The van der Waals surface area contributed by atoms with E-state index in [1.54, 1.807) is 0 Å². The Kier molecular flexibility index (Phi) is 3.96. The van der Waals surface area contributed by atoms with Crippen molar-refractivity contribution in [1.82, 2.24) is 4.90 Å². The quantitative estimate of drug-likeness (QED) is 0.709. The molecule has 0 heterocycles. The summed E-state index contributed by atoms with van der Waals surface area (Å²) in [6, 6.07) is 0.815. The molecular formula is C12H26N2. The Balaban J connectivity index is 2.45. The zero-order chi connectivity index (χ0) is 10.8. The minimum atomic E-state index is 0.228. The van der Waals surface area contributed by atoms with Crippen LogP contribution < -0.4 is 5.73 Å². The lowest BCUT2D eigenvalue weighted by Gasteiger charge is -2.39. The normalized spacial score (nSPS) is 21.6. The molecule has 1 aliphatic carbocycles. The molecule has 0 aliphatic heterocycles. The van der Waals surface area contributed by atoms with E-state index in [9.17, 15) is 0 Å². The Morgan fingerprint density at radius 1 is 1.43 bits per heavy atom. The molecule has 1 atom stereocenters. The molecule has 2 heteroatoms. The predicted octanol–water partition coefficient (Wildman–Crippen LogP) is 2.23. The second kappa shape index (κ2) is 4.63. The maximum Gasteiger partial charge on any atom is 0.0303 e. The van der Waals surface area contributed by atoms with E-state index in [2.05, 4.69) is 32.7 Å². The fourth-order valence-corrected chi connectivity index (χ4v) is 1.92. The molecule has 0 saturated heterocycles. The highest BCUT2D eigenvalue weighted by Crippen LogP contribution is 2.33. The topological polar surface area (TPSA) is 29.3 Å². The van der Waals surface area contributed by atoms with Crippen molar-refractivity contribution >= 4 is 0 Å². The van der Waals surface area contributed by atoms with Crippen LogP contribution in [0.2, 0.25) is 0 Å². The van der Waals surface area contributed by atoms with E-state index in [0.717, 1.165) is 18.5 Å². The first-order chi connectivity index (χ1) is 6.49. The van der Waals surface area contributed by atoms with Crippen LogP contribution in [0, 0.1) is 5.92 Å². The van der Waals surface area contributed by atoms with Crippen LogP contribution in [0.5, 0.6) is 0 Å². The number of hydrogen-bond acceptors (Lipinski definition) is 2. The minimum absolute atomic E-state index is 0.228. The number of nitrogens with two attached hydrogens (primary N) is 1. The van der Waals surface area contributed by atoms with Gasteiger partial charge < -0.3 is 5.73 Å². The van der Waals surface area contributed by atoms with Gasteiger partial charge in [-0.25, -0.2) is 0 Å². The van der Waals surface area contributed by atoms with E-state index in [4.69, 9.17) is 5.73 Å². The van der Waals surface area contributed by atoms with Gasteiger partial charge in [0.05, 0.1) is 0 Å². The van der Waals surface area contributed by atoms with Gasteiger partial charge in [-0.15, -0.1) is 0 Å². The molecule has 1 unspecified atom stereocenters. The Labute approximate surface area is 88.8 Å². The van der Waals surface area contributed by atoms with Gasteiger partial charge in [0.15, 0.2) is 0 Å². The molecule has 0 aromatic rings. The summed E-state index contributed by atoms with van der Waals surface area (Å²) in [5.41, 5.74) is 6.15. The summed E-state index contributed by atoms with van der Waals surface area (Å²) in [5.74, 6) is 0.786. The average molecular weight is 198 g/mol. The summed E-state index contributed by atoms with van der Waals surface area (Å²) in [5, 5.41) is 0. The summed E-state index contributed by atoms with van der Waals surface area (Å²) < 4.78 is 0. The molecular weight excluding hydrogens is 172 g/mol. The lowest BCUT2D eigenvalue weighted by Crippen LogP contribution is -2.50. The number of nitrogens with zero attached hydrogens (tertiary/aromatic N) is 1. The molecule has 0 radical (unpaired) electrons. The van der Waals surface area contributed by atoms with Crippen LogP contribution in [-0.4, -0.2) is 30.1 Å². The minimum Gasteiger partial charge on any atom is -0.329 e. The molecule has 1 aliphatic rings. The molecule has 0 spiro atoms. The van der Waals surface area contributed by atoms with Crippen molar-refractivity contribution in [2.24, 2.45) is 11.7 Å². The van der Waals surface area contributed by atoms with Crippen molar-refractivity contribution in [3.8, 4) is 0 Å². The smallest absolute Gasteiger partial charge is 0.0303 e. The van der Waals surface area contributed by atoms with Gasteiger partial charge in [0, 0.05) is 18.1 Å². The van der Waals surface area contributed by atoms with Crippen molar-refractivity contribution in [1.29, 1.82) is 0 Å². The third kappa shape index (κ3) is 2.96. The van der Waals surface area contributed by atoms with Crippen molar-refractivity contribution in [2.45, 2.75) is 58.0 Å². The lowest BCUT2D eigenvalue weighted by atomic mass is 9.90. The second-order valence-corrected chi connectivity index (χ2v) is 5.48. The van der Waals surface area contributed by atoms with E-state index in [-0.39, 0.29) is 5.54 Å². The largest absolute Gasteiger partial charge is 0.329 e. The van der Waals surface area contributed by atoms with Gasteiger partial charge in [-0.1, -0.05) is 13.8 Å². The van der Waals surface area contributed by atoms with E-state index in [1.807, 2.05) is 0 Å². The summed E-state index contributed by atoms with van der Waals surface area (Å²) in [7, 11) is 2.24. The maximum atomic E-state index is 5.92. The molecule has 14 heavy (non-hydrogen) atoms. The fourth-order valence-electron chi connectivity index (χ4n) is 1.92. The zero-order valence-electron chi connectivity index (χ0n) is 10.2. The van der Waals surface area contributed by atoms with E-state index < -0.39 is 0 Å². The highest BCUT2D eigenvalue weighted by Gasteiger charge is 2.37. The van der Waals surface area contributed by atoms with Crippen LogP contribution in [0.3, 0.4) is 0 Å². The Morgan fingerprint density at radius 3 is 2.36 bits per heavy atom. The first-order valence-electron chi connectivity index (χ1n) is 5.92. The Bertz CT molecular complexity index is 175. The van der Waals surface area contributed by atoms with Gasteiger partial charge >= 0.3 is 0 Å². The third-order valence-electron chi connectivity index (χ3n) is 3.65. The summed E-state index contributed by atoms with van der Waals surface area (Å²) in [4.78, 5) is 2.51. The van der Waals surface area contributed by atoms with Gasteiger partial charge in [0.25, 0.3) is 0 Å². The standard InChI is InChI=1S/C12H26N2/c1-10(2)7-8-12(3,9-13)14(4)11-5-6-11/h10-11H,5-9,13H2,1-4H3. The van der Waals surface area contributed by atoms with Crippen molar-refractivity contribution in [2.75, 3.05) is 13.6 Å². The highest BCUT2D eigenvalue weighted by molar-refractivity contribution is 4.94. The van der Waals surface area contributed by atoms with Gasteiger partial charge in [0.2, 0.25) is 0 Å². The Morgan fingerprint density at radius 2 is 2.00 bits per heavy atom. The molecule has 2 nitrogen and oxygen atoms in total. The summed E-state index contributed by atoms with van der Waals surface area (Å²) in [6.45, 7) is 7.67. The molecule has 1 rings (SSSR count). The first kappa shape index (κ1) is 12.0. The number of rotatable bonds is 6. The third-order valence-corrected chi connectivity index (χ3v) is 3.65. The van der Waals surface area contributed by atoms with Crippen LogP contribution in [-0.2, 0) is 0 Å². The summed E-state index contributed by atoms with van der Waals surface area (Å²) in [6.07, 6.45) is 5.25. The molecule has 0 aromatic heterocycles. The SMILES string of the molecule is CC(C)CCC(C)(CN)N(C)C1CC1. The lowest BCUT2D eigenvalue weighted by molar-refractivity contribution is 0.118. The first-order valence-corrected chi connectivity index (χ1v) is 5.92. The van der Waals surface area contributed by atoms with Crippen molar-refractivity contribution < 1.29 is 0 Å². The van der Waals surface area contributed by atoms with E-state index in [1.165, 1.54) is 25.7 Å². The molecule has 84 valence electrons. The van der Waals surface area contributed by atoms with Crippen LogP contribution >= 0.6 is 0 Å². The molecule has 2 N–H and O–H groups in total. The monoisotopic (exact) mass is 198 g/mol. The Hall–Kier alpha value is -0.0800. The van der Waals surface area contributed by atoms with Crippen LogP contribution in [0.1, 0.15) is 46.5 Å². The fraction of sp³-hybridized carbons (Fsp3) is 1.00. The number of hydrogen-bond donors (Lipinski definition) is 1. The number of likely N-dealkylation sites (N-methyl/N-ethyl adjacent to an activating group) is 1. The van der Waals surface area contributed by atoms with Gasteiger partial charge in [-0.2, -0.15) is 0 Å².